The van der Waals surface area contributed by atoms with Gasteiger partial charge in [-0.2, -0.15) is 0 Å². The van der Waals surface area contributed by atoms with Crippen molar-refractivity contribution in [3.05, 3.63) is 11.8 Å². The summed E-state index contributed by atoms with van der Waals surface area (Å²) in [5.74, 6) is 1.09. The Labute approximate surface area is 89.7 Å². The molecule has 0 unspecified atom stereocenters. The quantitative estimate of drug-likeness (QED) is 0.746. The molecule has 1 aromatic rings. The van der Waals surface area contributed by atoms with E-state index in [0.29, 0.717) is 11.4 Å². The molecule has 4 heteroatoms. The zero-order valence-corrected chi connectivity index (χ0v) is 9.29. The van der Waals surface area contributed by atoms with Crippen molar-refractivity contribution >= 4 is 17.3 Å². The molecule has 1 fully saturated rings. The normalized spacial score (nSPS) is 16.0. The van der Waals surface area contributed by atoms with Gasteiger partial charge in [0, 0.05) is 33.1 Å². The maximum atomic E-state index is 11.4. The third-order valence-corrected chi connectivity index (χ3v) is 3.00. The molecule has 1 saturated heterocycles. The molecule has 0 aliphatic carbocycles. The summed E-state index contributed by atoms with van der Waals surface area (Å²) in [5, 5.41) is 0. The predicted molar refractivity (Wildman–Crippen MR) is 61.3 cm³/mol. The molecule has 0 atom stereocenters. The maximum Gasteiger partial charge on any atom is 0.178 e. The summed E-state index contributed by atoms with van der Waals surface area (Å²) < 4.78 is 1.91. The number of carbonyl (C=O) groups is 1. The highest BCUT2D eigenvalue weighted by atomic mass is 16.1. The van der Waals surface area contributed by atoms with Gasteiger partial charge in [0.15, 0.2) is 5.78 Å². The van der Waals surface area contributed by atoms with Gasteiger partial charge in [-0.05, 0) is 12.8 Å². The van der Waals surface area contributed by atoms with Crippen LogP contribution in [0.4, 0.5) is 11.5 Å². The summed E-state index contributed by atoms with van der Waals surface area (Å²) in [6.45, 7) is 3.68. The number of nitrogens with two attached hydrogens (primary N) is 1. The molecule has 2 heterocycles. The van der Waals surface area contributed by atoms with Crippen LogP contribution in [0.2, 0.25) is 0 Å². The van der Waals surface area contributed by atoms with Gasteiger partial charge in [0.25, 0.3) is 0 Å². The standard InChI is InChI=1S/C11H17N3O/c1-8(15)11-9(12)7-10(13(11)2)14-5-3-4-6-14/h7H,3-6,12H2,1-2H3. The Balaban J connectivity index is 2.40. The lowest BCUT2D eigenvalue weighted by Gasteiger charge is -2.18. The third kappa shape index (κ3) is 1.60. The molecule has 1 aromatic heterocycles. The number of Topliss-reactive ketones (excluding diaryl/α,β-unsaturated/α-hetero) is 1. The molecule has 0 spiro atoms. The molecular weight excluding hydrogens is 190 g/mol. The summed E-state index contributed by atoms with van der Waals surface area (Å²) in [6.07, 6.45) is 2.45. The Morgan fingerprint density at radius 3 is 2.47 bits per heavy atom. The van der Waals surface area contributed by atoms with Gasteiger partial charge < -0.3 is 15.2 Å². The zero-order chi connectivity index (χ0) is 11.0. The van der Waals surface area contributed by atoms with E-state index in [-0.39, 0.29) is 5.78 Å². The summed E-state index contributed by atoms with van der Waals surface area (Å²) in [7, 11) is 1.90. The topological polar surface area (TPSA) is 51.3 Å². The average Bonchev–Trinajstić information content (AvgIpc) is 2.72. The number of hydrogen-bond acceptors (Lipinski definition) is 3. The van der Waals surface area contributed by atoms with Crippen LogP contribution in [0.25, 0.3) is 0 Å². The minimum atomic E-state index is 0.0282. The van der Waals surface area contributed by atoms with E-state index < -0.39 is 0 Å². The van der Waals surface area contributed by atoms with Crippen LogP contribution in [-0.2, 0) is 7.05 Å². The molecule has 15 heavy (non-hydrogen) atoms. The molecular formula is C11H17N3O. The van der Waals surface area contributed by atoms with Gasteiger partial charge in [0.05, 0.1) is 5.69 Å². The molecule has 0 radical (unpaired) electrons. The van der Waals surface area contributed by atoms with Crippen LogP contribution < -0.4 is 10.6 Å². The second kappa shape index (κ2) is 3.61. The molecule has 4 nitrogen and oxygen atoms in total. The molecule has 0 saturated carbocycles. The van der Waals surface area contributed by atoms with Crippen LogP contribution in [-0.4, -0.2) is 23.4 Å². The van der Waals surface area contributed by atoms with E-state index in [1.54, 1.807) is 6.92 Å². The van der Waals surface area contributed by atoms with Crippen molar-refractivity contribution in [1.29, 1.82) is 0 Å². The molecule has 82 valence electrons. The van der Waals surface area contributed by atoms with E-state index in [9.17, 15) is 4.79 Å². The summed E-state index contributed by atoms with van der Waals surface area (Å²) >= 11 is 0. The fourth-order valence-corrected chi connectivity index (χ4v) is 2.30. The summed E-state index contributed by atoms with van der Waals surface area (Å²) in [5.41, 5.74) is 7.05. The average molecular weight is 207 g/mol. The first-order valence-electron chi connectivity index (χ1n) is 5.32. The Kier molecular flexibility index (Phi) is 2.42. The van der Waals surface area contributed by atoms with Crippen LogP contribution in [0.15, 0.2) is 6.07 Å². The first-order chi connectivity index (χ1) is 7.11. The van der Waals surface area contributed by atoms with Crippen molar-refractivity contribution in [2.75, 3.05) is 23.7 Å². The molecule has 0 amide bonds. The number of carbonyl (C=O) groups excluding carboxylic acids is 1. The number of ketones is 1. The van der Waals surface area contributed by atoms with E-state index >= 15 is 0 Å². The first-order valence-corrected chi connectivity index (χ1v) is 5.32. The van der Waals surface area contributed by atoms with Crippen molar-refractivity contribution in [2.45, 2.75) is 19.8 Å². The molecule has 1 aliphatic rings. The largest absolute Gasteiger partial charge is 0.397 e. The predicted octanol–water partition coefficient (Wildman–Crippen LogP) is 1.41. The molecule has 2 rings (SSSR count). The van der Waals surface area contributed by atoms with Gasteiger partial charge in [0.2, 0.25) is 0 Å². The van der Waals surface area contributed by atoms with Crippen molar-refractivity contribution in [3.63, 3.8) is 0 Å². The molecule has 0 aromatic carbocycles. The minimum Gasteiger partial charge on any atom is -0.397 e. The smallest absolute Gasteiger partial charge is 0.178 e. The van der Waals surface area contributed by atoms with Crippen molar-refractivity contribution in [1.82, 2.24) is 4.57 Å². The SMILES string of the molecule is CC(=O)c1c(N)cc(N2CCCC2)n1C. The number of hydrogen-bond donors (Lipinski definition) is 1. The van der Waals surface area contributed by atoms with Gasteiger partial charge in [-0.15, -0.1) is 0 Å². The van der Waals surface area contributed by atoms with Gasteiger partial charge in [-0.3, -0.25) is 4.79 Å². The first kappa shape index (κ1) is 10.1. The molecule has 1 aliphatic heterocycles. The third-order valence-electron chi connectivity index (χ3n) is 3.00. The Hall–Kier alpha value is -1.45. The number of nitrogen functional groups attached to an aromatic ring is 1. The minimum absolute atomic E-state index is 0.0282. The van der Waals surface area contributed by atoms with Gasteiger partial charge in [0.1, 0.15) is 11.5 Å². The van der Waals surface area contributed by atoms with Crippen LogP contribution in [0.1, 0.15) is 30.3 Å². The van der Waals surface area contributed by atoms with Crippen molar-refractivity contribution < 1.29 is 4.79 Å². The Morgan fingerprint density at radius 1 is 1.40 bits per heavy atom. The van der Waals surface area contributed by atoms with E-state index in [1.165, 1.54) is 12.8 Å². The number of anilines is 2. The van der Waals surface area contributed by atoms with Gasteiger partial charge in [-0.1, -0.05) is 0 Å². The lowest BCUT2D eigenvalue weighted by Crippen LogP contribution is -2.21. The fraction of sp³-hybridized carbons (Fsp3) is 0.545. The number of nitrogens with zero attached hydrogens (tertiary/aromatic N) is 2. The van der Waals surface area contributed by atoms with E-state index in [1.807, 2.05) is 17.7 Å². The highest BCUT2D eigenvalue weighted by molar-refractivity contribution is 5.98. The van der Waals surface area contributed by atoms with Crippen molar-refractivity contribution in [2.24, 2.45) is 7.05 Å². The Bertz CT molecular complexity index is 389. The second-order valence-electron chi connectivity index (χ2n) is 4.12. The maximum absolute atomic E-state index is 11.4. The highest BCUT2D eigenvalue weighted by Gasteiger charge is 2.20. The number of aromatic nitrogens is 1. The monoisotopic (exact) mass is 207 g/mol. The molecule has 0 bridgehead atoms. The van der Waals surface area contributed by atoms with Gasteiger partial charge >= 0.3 is 0 Å². The molecule has 2 N–H and O–H groups in total. The highest BCUT2D eigenvalue weighted by Crippen LogP contribution is 2.27. The van der Waals surface area contributed by atoms with Gasteiger partial charge in [-0.25, -0.2) is 0 Å². The fourth-order valence-electron chi connectivity index (χ4n) is 2.30. The summed E-state index contributed by atoms with van der Waals surface area (Å²) in [6, 6.07) is 1.90. The van der Waals surface area contributed by atoms with E-state index in [4.69, 9.17) is 5.73 Å². The Morgan fingerprint density at radius 2 is 2.00 bits per heavy atom. The van der Waals surface area contributed by atoms with Crippen LogP contribution in [0, 0.1) is 0 Å². The van der Waals surface area contributed by atoms with E-state index in [0.717, 1.165) is 18.9 Å². The zero-order valence-electron chi connectivity index (χ0n) is 9.29. The van der Waals surface area contributed by atoms with Crippen LogP contribution in [0.5, 0.6) is 0 Å². The van der Waals surface area contributed by atoms with Crippen LogP contribution in [0.3, 0.4) is 0 Å². The summed E-state index contributed by atoms with van der Waals surface area (Å²) in [4.78, 5) is 13.7. The lowest BCUT2D eigenvalue weighted by molar-refractivity contribution is 0.101. The van der Waals surface area contributed by atoms with Crippen molar-refractivity contribution in [3.8, 4) is 0 Å². The number of rotatable bonds is 2. The van der Waals surface area contributed by atoms with Crippen LogP contribution >= 0.6 is 0 Å². The lowest BCUT2D eigenvalue weighted by atomic mass is 10.3. The second-order valence-corrected chi connectivity index (χ2v) is 4.12. The van der Waals surface area contributed by atoms with E-state index in [2.05, 4.69) is 4.90 Å².